The molecule has 0 saturated carbocycles. The van der Waals surface area contributed by atoms with Crippen molar-refractivity contribution in [1.82, 2.24) is 15.2 Å². The lowest BCUT2D eigenvalue weighted by molar-refractivity contribution is 0.0786. The van der Waals surface area contributed by atoms with Gasteiger partial charge in [0.1, 0.15) is 0 Å². The normalized spacial score (nSPS) is 17.4. The van der Waals surface area contributed by atoms with Crippen LogP contribution < -0.4 is 5.32 Å². The van der Waals surface area contributed by atoms with Gasteiger partial charge in [-0.05, 0) is 44.1 Å². The minimum atomic E-state index is -0.0412. The molecule has 0 radical (unpaired) electrons. The van der Waals surface area contributed by atoms with Crippen LogP contribution in [-0.4, -0.2) is 48.3 Å². The SMILES string of the molecule is CNC[C@@H]1CCN(C(=O)c2ccc(C(=O)c3cc[nH]c3)cc2)C1. The maximum Gasteiger partial charge on any atom is 0.253 e. The van der Waals surface area contributed by atoms with E-state index in [9.17, 15) is 9.59 Å². The van der Waals surface area contributed by atoms with Crippen LogP contribution in [0.5, 0.6) is 0 Å². The summed E-state index contributed by atoms with van der Waals surface area (Å²) in [4.78, 5) is 29.5. The third kappa shape index (κ3) is 3.35. The molecule has 120 valence electrons. The van der Waals surface area contributed by atoms with Crippen molar-refractivity contribution in [3.05, 3.63) is 59.4 Å². The van der Waals surface area contributed by atoms with E-state index < -0.39 is 0 Å². The van der Waals surface area contributed by atoms with E-state index >= 15 is 0 Å². The molecule has 0 bridgehead atoms. The Morgan fingerprint density at radius 1 is 1.17 bits per heavy atom. The standard InChI is InChI=1S/C18H21N3O2/c1-19-10-13-7-9-21(12-13)18(23)15-4-2-14(3-5-15)17(22)16-6-8-20-11-16/h2-6,8,11,13,19-20H,7,9-10,12H2,1H3/t13-/m0/s1. The highest BCUT2D eigenvalue weighted by Crippen LogP contribution is 2.19. The van der Waals surface area contributed by atoms with Crippen LogP contribution in [0, 0.1) is 5.92 Å². The zero-order valence-corrected chi connectivity index (χ0v) is 13.2. The molecule has 1 saturated heterocycles. The molecule has 1 aliphatic rings. The zero-order valence-electron chi connectivity index (χ0n) is 13.2. The number of rotatable bonds is 5. The highest BCUT2D eigenvalue weighted by atomic mass is 16.2. The Kier molecular flexibility index (Phi) is 4.57. The second-order valence-corrected chi connectivity index (χ2v) is 5.97. The van der Waals surface area contributed by atoms with Crippen molar-refractivity contribution in [2.75, 3.05) is 26.7 Å². The van der Waals surface area contributed by atoms with Crippen molar-refractivity contribution in [3.63, 3.8) is 0 Å². The number of hydrogen-bond acceptors (Lipinski definition) is 3. The molecule has 2 heterocycles. The molecular weight excluding hydrogens is 290 g/mol. The number of nitrogens with one attached hydrogen (secondary N) is 2. The molecule has 1 aromatic carbocycles. The van der Waals surface area contributed by atoms with E-state index in [1.165, 1.54) is 0 Å². The van der Waals surface area contributed by atoms with Crippen LogP contribution in [0.15, 0.2) is 42.7 Å². The summed E-state index contributed by atoms with van der Waals surface area (Å²) in [5, 5.41) is 3.16. The number of aromatic nitrogens is 1. The van der Waals surface area contributed by atoms with Gasteiger partial charge in [0.05, 0.1) is 0 Å². The van der Waals surface area contributed by atoms with Crippen LogP contribution in [0.2, 0.25) is 0 Å². The molecule has 1 atom stereocenters. The van der Waals surface area contributed by atoms with Gasteiger partial charge in [0.25, 0.3) is 5.91 Å². The highest BCUT2D eigenvalue weighted by molar-refractivity contribution is 6.09. The number of amides is 1. The van der Waals surface area contributed by atoms with Gasteiger partial charge in [-0.1, -0.05) is 12.1 Å². The topological polar surface area (TPSA) is 65.2 Å². The summed E-state index contributed by atoms with van der Waals surface area (Å²) < 4.78 is 0. The van der Waals surface area contributed by atoms with Crippen LogP contribution in [0.25, 0.3) is 0 Å². The van der Waals surface area contributed by atoms with E-state index in [1.54, 1.807) is 42.7 Å². The van der Waals surface area contributed by atoms with Gasteiger partial charge < -0.3 is 15.2 Å². The molecule has 5 nitrogen and oxygen atoms in total. The molecule has 0 spiro atoms. The van der Waals surface area contributed by atoms with E-state index in [2.05, 4.69) is 10.3 Å². The maximum atomic E-state index is 12.5. The molecule has 1 fully saturated rings. The lowest BCUT2D eigenvalue weighted by Crippen LogP contribution is -2.30. The van der Waals surface area contributed by atoms with E-state index in [0.29, 0.717) is 22.6 Å². The largest absolute Gasteiger partial charge is 0.367 e. The third-order valence-corrected chi connectivity index (χ3v) is 4.32. The molecule has 1 aromatic heterocycles. The summed E-state index contributed by atoms with van der Waals surface area (Å²) in [5.74, 6) is 0.531. The molecule has 2 N–H and O–H groups in total. The van der Waals surface area contributed by atoms with Crippen molar-refractivity contribution < 1.29 is 9.59 Å². The fraction of sp³-hybridized carbons (Fsp3) is 0.333. The molecule has 2 aromatic rings. The Hall–Kier alpha value is -2.40. The summed E-state index contributed by atoms with van der Waals surface area (Å²) in [7, 11) is 1.94. The second kappa shape index (κ2) is 6.79. The van der Waals surface area contributed by atoms with E-state index in [4.69, 9.17) is 0 Å². The summed E-state index contributed by atoms with van der Waals surface area (Å²) in [6.45, 7) is 2.53. The summed E-state index contributed by atoms with van der Waals surface area (Å²) in [5.41, 5.74) is 1.86. The number of H-pyrrole nitrogens is 1. The fourth-order valence-corrected chi connectivity index (χ4v) is 3.05. The number of hydrogen-bond donors (Lipinski definition) is 2. The summed E-state index contributed by atoms with van der Waals surface area (Å²) in [6, 6.07) is 8.68. The lowest BCUT2D eigenvalue weighted by atomic mass is 10.0. The molecule has 1 amide bonds. The molecule has 3 rings (SSSR count). The Bertz CT molecular complexity index is 677. The predicted molar refractivity (Wildman–Crippen MR) is 88.6 cm³/mol. The first-order valence-corrected chi connectivity index (χ1v) is 7.90. The first kappa shape index (κ1) is 15.5. The van der Waals surface area contributed by atoms with Crippen molar-refractivity contribution in [1.29, 1.82) is 0 Å². The first-order valence-electron chi connectivity index (χ1n) is 7.90. The number of likely N-dealkylation sites (tertiary alicyclic amines) is 1. The van der Waals surface area contributed by atoms with Crippen LogP contribution in [0.1, 0.15) is 32.7 Å². The van der Waals surface area contributed by atoms with Crippen LogP contribution in [0.3, 0.4) is 0 Å². The summed E-state index contributed by atoms with van der Waals surface area (Å²) >= 11 is 0. The predicted octanol–water partition coefficient (Wildman–Crippen LogP) is 1.93. The molecular formula is C18H21N3O2. The van der Waals surface area contributed by atoms with Crippen LogP contribution in [0.4, 0.5) is 0 Å². The van der Waals surface area contributed by atoms with E-state index in [-0.39, 0.29) is 11.7 Å². The number of aromatic amines is 1. The van der Waals surface area contributed by atoms with Gasteiger partial charge in [0.15, 0.2) is 5.78 Å². The Morgan fingerprint density at radius 3 is 2.57 bits per heavy atom. The molecule has 1 aliphatic heterocycles. The van der Waals surface area contributed by atoms with Gasteiger partial charge in [0, 0.05) is 42.2 Å². The van der Waals surface area contributed by atoms with E-state index in [0.717, 1.165) is 26.1 Å². The van der Waals surface area contributed by atoms with Gasteiger partial charge in [-0.3, -0.25) is 9.59 Å². The number of nitrogens with zero attached hydrogens (tertiary/aromatic N) is 1. The van der Waals surface area contributed by atoms with Crippen molar-refractivity contribution in [3.8, 4) is 0 Å². The van der Waals surface area contributed by atoms with Gasteiger partial charge in [0.2, 0.25) is 0 Å². The molecule has 5 heteroatoms. The zero-order chi connectivity index (χ0) is 16.2. The second-order valence-electron chi connectivity index (χ2n) is 5.97. The third-order valence-electron chi connectivity index (χ3n) is 4.32. The van der Waals surface area contributed by atoms with E-state index in [1.807, 2.05) is 11.9 Å². The van der Waals surface area contributed by atoms with Gasteiger partial charge >= 0.3 is 0 Å². The monoisotopic (exact) mass is 311 g/mol. The Morgan fingerprint density at radius 2 is 1.91 bits per heavy atom. The maximum absolute atomic E-state index is 12.5. The number of carbonyl (C=O) groups is 2. The lowest BCUT2D eigenvalue weighted by Gasteiger charge is -2.16. The highest BCUT2D eigenvalue weighted by Gasteiger charge is 2.26. The molecule has 23 heavy (non-hydrogen) atoms. The average Bonchev–Trinajstić information content (AvgIpc) is 3.26. The van der Waals surface area contributed by atoms with Crippen LogP contribution >= 0.6 is 0 Å². The number of carbonyl (C=O) groups excluding carboxylic acids is 2. The number of benzene rings is 1. The minimum absolute atomic E-state index is 0.0412. The van der Waals surface area contributed by atoms with Gasteiger partial charge in [-0.15, -0.1) is 0 Å². The quantitative estimate of drug-likeness (QED) is 0.829. The van der Waals surface area contributed by atoms with Gasteiger partial charge in [-0.2, -0.15) is 0 Å². The smallest absolute Gasteiger partial charge is 0.253 e. The van der Waals surface area contributed by atoms with Crippen molar-refractivity contribution in [2.24, 2.45) is 5.92 Å². The Balaban J connectivity index is 1.68. The van der Waals surface area contributed by atoms with Gasteiger partial charge in [-0.25, -0.2) is 0 Å². The number of ketones is 1. The Labute approximate surface area is 135 Å². The van der Waals surface area contributed by atoms with Crippen molar-refractivity contribution >= 4 is 11.7 Å². The van der Waals surface area contributed by atoms with Crippen LogP contribution in [-0.2, 0) is 0 Å². The first-order chi connectivity index (χ1) is 11.2. The summed E-state index contributed by atoms with van der Waals surface area (Å²) in [6.07, 6.45) is 4.43. The molecule has 0 aliphatic carbocycles. The van der Waals surface area contributed by atoms with Crippen molar-refractivity contribution in [2.45, 2.75) is 6.42 Å². The minimum Gasteiger partial charge on any atom is -0.367 e. The molecule has 0 unspecified atom stereocenters. The fourth-order valence-electron chi connectivity index (χ4n) is 3.05. The average molecular weight is 311 g/mol.